The second kappa shape index (κ2) is 5.77. The van der Waals surface area contributed by atoms with Gasteiger partial charge in [0.15, 0.2) is 0 Å². The number of hydrogen-bond donors (Lipinski definition) is 2. The van der Waals surface area contributed by atoms with Gasteiger partial charge in [-0.2, -0.15) is 0 Å². The van der Waals surface area contributed by atoms with Crippen molar-refractivity contribution in [1.82, 2.24) is 10.5 Å². The molecule has 5 nitrogen and oxygen atoms in total. The molecule has 3 N–H and O–H groups in total. The molecule has 0 saturated heterocycles. The van der Waals surface area contributed by atoms with Gasteiger partial charge in [0.1, 0.15) is 5.76 Å². The van der Waals surface area contributed by atoms with Crippen molar-refractivity contribution < 1.29 is 9.32 Å². The number of aromatic nitrogens is 1. The van der Waals surface area contributed by atoms with E-state index < -0.39 is 0 Å². The second-order valence-electron chi connectivity index (χ2n) is 4.91. The first kappa shape index (κ1) is 14.1. The lowest BCUT2D eigenvalue weighted by Gasteiger charge is -2.13. The van der Waals surface area contributed by atoms with E-state index in [1.807, 2.05) is 39.0 Å². The van der Waals surface area contributed by atoms with E-state index in [0.29, 0.717) is 12.2 Å². The van der Waals surface area contributed by atoms with Gasteiger partial charge in [-0.15, -0.1) is 0 Å². The number of hydrogen-bond acceptors (Lipinski definition) is 4. The lowest BCUT2D eigenvalue weighted by molar-refractivity contribution is -0.122. The molecule has 1 heterocycles. The van der Waals surface area contributed by atoms with Crippen LogP contribution in [0.2, 0.25) is 0 Å². The number of nitrogens with one attached hydrogen (secondary N) is 1. The van der Waals surface area contributed by atoms with Crippen molar-refractivity contribution in [3.63, 3.8) is 0 Å². The van der Waals surface area contributed by atoms with Crippen molar-refractivity contribution in [2.75, 3.05) is 5.73 Å². The molecule has 0 fully saturated rings. The Hall–Kier alpha value is -2.30. The van der Waals surface area contributed by atoms with E-state index in [1.54, 1.807) is 6.07 Å². The predicted octanol–water partition coefficient (Wildman–Crippen LogP) is 2.29. The van der Waals surface area contributed by atoms with E-state index in [-0.39, 0.29) is 11.8 Å². The van der Waals surface area contributed by atoms with E-state index >= 15 is 0 Å². The molecule has 2 rings (SSSR count). The van der Waals surface area contributed by atoms with Crippen LogP contribution in [0, 0.1) is 13.8 Å². The molecule has 5 heteroatoms. The van der Waals surface area contributed by atoms with Gasteiger partial charge in [-0.3, -0.25) is 4.79 Å². The fourth-order valence-corrected chi connectivity index (χ4v) is 2.06. The van der Waals surface area contributed by atoms with Crippen LogP contribution in [0.5, 0.6) is 0 Å². The van der Waals surface area contributed by atoms with E-state index in [9.17, 15) is 4.79 Å². The van der Waals surface area contributed by atoms with Crippen LogP contribution >= 0.6 is 0 Å². The quantitative estimate of drug-likeness (QED) is 0.837. The molecule has 1 amide bonds. The number of nitrogen functional groups attached to an aromatic ring is 1. The fraction of sp³-hybridized carbons (Fsp3) is 0.333. The summed E-state index contributed by atoms with van der Waals surface area (Å²) in [5.74, 6) is 0.439. The Bertz CT molecular complexity index is 600. The van der Waals surface area contributed by atoms with Crippen molar-refractivity contribution in [3.05, 3.63) is 46.8 Å². The smallest absolute Gasteiger partial charge is 0.227 e. The minimum atomic E-state index is -0.251. The van der Waals surface area contributed by atoms with Gasteiger partial charge in [-0.25, -0.2) is 0 Å². The Kier molecular flexibility index (Phi) is 4.08. The highest BCUT2D eigenvalue weighted by Crippen LogP contribution is 2.18. The molecule has 106 valence electrons. The number of carbonyl (C=O) groups excluding carboxylic acids is 1. The van der Waals surface area contributed by atoms with Gasteiger partial charge in [-0.1, -0.05) is 17.3 Å². The number of amides is 1. The zero-order valence-corrected chi connectivity index (χ0v) is 11.9. The van der Waals surface area contributed by atoms with Crippen molar-refractivity contribution in [2.24, 2.45) is 0 Å². The molecule has 1 unspecified atom stereocenters. The Balaban J connectivity index is 2.02. The molecule has 0 bridgehead atoms. The van der Waals surface area contributed by atoms with Gasteiger partial charge >= 0.3 is 0 Å². The third-order valence-electron chi connectivity index (χ3n) is 3.42. The maximum Gasteiger partial charge on any atom is 0.227 e. The Labute approximate surface area is 118 Å². The fourth-order valence-electron chi connectivity index (χ4n) is 2.06. The molecule has 1 aromatic heterocycles. The normalized spacial score (nSPS) is 12.2. The number of carbonyl (C=O) groups is 1. The predicted molar refractivity (Wildman–Crippen MR) is 77.1 cm³/mol. The SMILES string of the molecule is Cc1noc(C)c1CNC(=O)C(C)c1cccc(N)c1. The molecule has 2 aromatic rings. The zero-order valence-electron chi connectivity index (χ0n) is 11.9. The molecule has 1 aromatic carbocycles. The van der Waals surface area contributed by atoms with Crippen LogP contribution in [0.15, 0.2) is 28.8 Å². The topological polar surface area (TPSA) is 81.2 Å². The molecule has 0 aliphatic rings. The van der Waals surface area contributed by atoms with E-state index in [4.69, 9.17) is 10.3 Å². The van der Waals surface area contributed by atoms with Gasteiger partial charge in [0.2, 0.25) is 5.91 Å². The van der Waals surface area contributed by atoms with Gasteiger partial charge in [0, 0.05) is 17.8 Å². The Morgan fingerprint density at radius 3 is 2.80 bits per heavy atom. The molecular weight excluding hydrogens is 254 g/mol. The maximum absolute atomic E-state index is 12.2. The van der Waals surface area contributed by atoms with Gasteiger partial charge < -0.3 is 15.6 Å². The number of anilines is 1. The lowest BCUT2D eigenvalue weighted by atomic mass is 10.00. The Morgan fingerprint density at radius 1 is 1.45 bits per heavy atom. The monoisotopic (exact) mass is 273 g/mol. The molecule has 0 spiro atoms. The van der Waals surface area contributed by atoms with Crippen LogP contribution in [0.1, 0.15) is 35.4 Å². The van der Waals surface area contributed by atoms with E-state index in [1.165, 1.54) is 0 Å². The minimum Gasteiger partial charge on any atom is -0.399 e. The highest BCUT2D eigenvalue weighted by atomic mass is 16.5. The van der Waals surface area contributed by atoms with Crippen LogP contribution in [-0.4, -0.2) is 11.1 Å². The standard InChI is InChI=1S/C15H19N3O2/c1-9(12-5-4-6-13(16)7-12)15(19)17-8-14-10(2)18-20-11(14)3/h4-7,9H,8,16H2,1-3H3,(H,17,19). The van der Waals surface area contributed by atoms with Gasteiger partial charge in [-0.05, 0) is 38.5 Å². The number of rotatable bonds is 4. The van der Waals surface area contributed by atoms with Gasteiger partial charge in [0.05, 0.1) is 11.6 Å². The number of nitrogens with zero attached hydrogens (tertiary/aromatic N) is 1. The summed E-state index contributed by atoms with van der Waals surface area (Å²) in [6, 6.07) is 7.37. The van der Waals surface area contributed by atoms with Crippen LogP contribution in [0.4, 0.5) is 5.69 Å². The summed E-state index contributed by atoms with van der Waals surface area (Å²) in [5, 5.41) is 6.77. The largest absolute Gasteiger partial charge is 0.399 e. The summed E-state index contributed by atoms with van der Waals surface area (Å²) in [6.07, 6.45) is 0. The van der Waals surface area contributed by atoms with Crippen molar-refractivity contribution in [1.29, 1.82) is 0 Å². The van der Waals surface area contributed by atoms with Crippen LogP contribution in [0.3, 0.4) is 0 Å². The number of benzene rings is 1. The highest BCUT2D eigenvalue weighted by Gasteiger charge is 2.16. The van der Waals surface area contributed by atoms with E-state index in [0.717, 1.165) is 22.6 Å². The summed E-state index contributed by atoms with van der Waals surface area (Å²) < 4.78 is 5.07. The van der Waals surface area contributed by atoms with Crippen molar-refractivity contribution >= 4 is 11.6 Å². The first-order chi connectivity index (χ1) is 9.49. The minimum absolute atomic E-state index is 0.0457. The average molecular weight is 273 g/mol. The van der Waals surface area contributed by atoms with Crippen molar-refractivity contribution in [2.45, 2.75) is 33.2 Å². The third-order valence-corrected chi connectivity index (χ3v) is 3.42. The molecule has 0 aliphatic carbocycles. The van der Waals surface area contributed by atoms with Crippen molar-refractivity contribution in [3.8, 4) is 0 Å². The summed E-state index contributed by atoms with van der Waals surface area (Å²) in [4.78, 5) is 12.2. The highest BCUT2D eigenvalue weighted by molar-refractivity contribution is 5.83. The van der Waals surface area contributed by atoms with Gasteiger partial charge in [0.25, 0.3) is 0 Å². The summed E-state index contributed by atoms with van der Waals surface area (Å²) >= 11 is 0. The molecule has 20 heavy (non-hydrogen) atoms. The average Bonchev–Trinajstić information content (AvgIpc) is 2.74. The van der Waals surface area contributed by atoms with Crippen LogP contribution < -0.4 is 11.1 Å². The molecule has 0 radical (unpaired) electrons. The lowest BCUT2D eigenvalue weighted by Crippen LogP contribution is -2.27. The van der Waals surface area contributed by atoms with Crippen LogP contribution in [0.25, 0.3) is 0 Å². The number of nitrogens with two attached hydrogens (primary N) is 1. The first-order valence-electron chi connectivity index (χ1n) is 6.54. The first-order valence-corrected chi connectivity index (χ1v) is 6.54. The van der Waals surface area contributed by atoms with E-state index in [2.05, 4.69) is 10.5 Å². The summed E-state index contributed by atoms with van der Waals surface area (Å²) in [6.45, 7) is 5.98. The molecule has 1 atom stereocenters. The zero-order chi connectivity index (χ0) is 14.7. The summed E-state index contributed by atoms with van der Waals surface area (Å²) in [5.41, 5.74) is 9.03. The molecule has 0 aliphatic heterocycles. The molecular formula is C15H19N3O2. The third kappa shape index (κ3) is 2.99. The second-order valence-corrected chi connectivity index (χ2v) is 4.91. The number of aryl methyl sites for hydroxylation is 2. The Morgan fingerprint density at radius 2 is 2.20 bits per heavy atom. The molecule has 0 saturated carbocycles. The summed E-state index contributed by atoms with van der Waals surface area (Å²) in [7, 11) is 0. The maximum atomic E-state index is 12.2. The van der Waals surface area contributed by atoms with Crippen LogP contribution in [-0.2, 0) is 11.3 Å².